The van der Waals surface area contributed by atoms with Crippen LogP contribution in [0.5, 0.6) is 0 Å². The third kappa shape index (κ3) is 5.99. The monoisotopic (exact) mass is 294 g/mol. The second-order valence-electron chi connectivity index (χ2n) is 4.39. The Morgan fingerprint density at radius 1 is 1.32 bits per heavy atom. The number of hydrogen-bond donors (Lipinski definition) is 2. The number of nitrogens with zero attached hydrogens (tertiary/aromatic N) is 1. The highest BCUT2D eigenvalue weighted by Gasteiger charge is 2.25. The van der Waals surface area contributed by atoms with Gasteiger partial charge in [0.05, 0.1) is 6.26 Å². The molecule has 110 valence electrons. The maximum absolute atomic E-state index is 11.4. The van der Waals surface area contributed by atoms with E-state index in [1.807, 2.05) is 0 Å². The summed E-state index contributed by atoms with van der Waals surface area (Å²) >= 11 is 0. The average Bonchev–Trinajstić information content (AvgIpc) is 2.27. The predicted octanol–water partition coefficient (Wildman–Crippen LogP) is -1.37. The van der Waals surface area contributed by atoms with Gasteiger partial charge in [0, 0.05) is 19.1 Å². The molecule has 0 bridgehead atoms. The smallest absolute Gasteiger partial charge is 0.329 e. The van der Waals surface area contributed by atoms with Gasteiger partial charge in [-0.2, -0.15) is 0 Å². The zero-order valence-corrected chi connectivity index (χ0v) is 11.5. The van der Waals surface area contributed by atoms with Crippen LogP contribution < -0.4 is 5.32 Å². The minimum atomic E-state index is -3.17. The Balaban J connectivity index is 2.25. The van der Waals surface area contributed by atoms with E-state index in [1.54, 1.807) is 0 Å². The SMILES string of the molecule is CS(=O)(=O)N1CCC(NC(=O)COCC(=O)O)CC1. The molecule has 1 heterocycles. The summed E-state index contributed by atoms with van der Waals surface area (Å²) in [4.78, 5) is 21.6. The van der Waals surface area contributed by atoms with E-state index in [4.69, 9.17) is 5.11 Å². The van der Waals surface area contributed by atoms with E-state index in [1.165, 1.54) is 4.31 Å². The molecule has 0 aromatic carbocycles. The van der Waals surface area contributed by atoms with Crippen LogP contribution in [0.4, 0.5) is 0 Å². The molecule has 9 heteroatoms. The van der Waals surface area contributed by atoms with Crippen molar-refractivity contribution >= 4 is 21.9 Å². The van der Waals surface area contributed by atoms with E-state index in [9.17, 15) is 18.0 Å². The molecule has 0 unspecified atom stereocenters. The minimum absolute atomic E-state index is 0.0982. The van der Waals surface area contributed by atoms with Crippen LogP contribution in [-0.4, -0.2) is 68.3 Å². The van der Waals surface area contributed by atoms with Crippen molar-refractivity contribution in [3.63, 3.8) is 0 Å². The molecule has 0 atom stereocenters. The van der Waals surface area contributed by atoms with Crippen molar-refractivity contribution in [2.75, 3.05) is 32.6 Å². The lowest BCUT2D eigenvalue weighted by Crippen LogP contribution is -2.47. The van der Waals surface area contributed by atoms with Gasteiger partial charge in [-0.1, -0.05) is 0 Å². The van der Waals surface area contributed by atoms with Gasteiger partial charge >= 0.3 is 5.97 Å². The molecule has 8 nitrogen and oxygen atoms in total. The van der Waals surface area contributed by atoms with Crippen molar-refractivity contribution in [3.8, 4) is 0 Å². The lowest BCUT2D eigenvalue weighted by Gasteiger charge is -2.30. The van der Waals surface area contributed by atoms with E-state index < -0.39 is 22.6 Å². The van der Waals surface area contributed by atoms with Crippen LogP contribution in [-0.2, 0) is 24.3 Å². The summed E-state index contributed by atoms with van der Waals surface area (Å²) in [5, 5.41) is 11.0. The van der Waals surface area contributed by atoms with Crippen LogP contribution in [0.25, 0.3) is 0 Å². The van der Waals surface area contributed by atoms with Crippen LogP contribution in [0.2, 0.25) is 0 Å². The first-order chi connectivity index (χ1) is 8.79. The third-order valence-corrected chi connectivity index (χ3v) is 4.05. The minimum Gasteiger partial charge on any atom is -0.480 e. The molecular formula is C10H18N2O6S. The van der Waals surface area contributed by atoms with E-state index in [0.717, 1.165) is 6.26 Å². The fourth-order valence-corrected chi connectivity index (χ4v) is 2.71. The molecule has 0 aromatic heterocycles. The number of carboxylic acid groups (broad SMARTS) is 1. The largest absolute Gasteiger partial charge is 0.480 e. The molecule has 1 fully saturated rings. The quantitative estimate of drug-likeness (QED) is 0.625. The third-order valence-electron chi connectivity index (χ3n) is 2.75. The van der Waals surface area contributed by atoms with Crippen LogP contribution in [0.1, 0.15) is 12.8 Å². The van der Waals surface area contributed by atoms with Gasteiger partial charge < -0.3 is 15.2 Å². The van der Waals surface area contributed by atoms with Gasteiger partial charge in [0.2, 0.25) is 15.9 Å². The Morgan fingerprint density at radius 3 is 2.37 bits per heavy atom. The first-order valence-corrected chi connectivity index (χ1v) is 7.68. The van der Waals surface area contributed by atoms with Crippen LogP contribution in [0, 0.1) is 0 Å². The number of nitrogens with one attached hydrogen (secondary N) is 1. The number of piperidine rings is 1. The number of sulfonamides is 1. The first-order valence-electron chi connectivity index (χ1n) is 5.83. The van der Waals surface area contributed by atoms with Crippen molar-refractivity contribution in [3.05, 3.63) is 0 Å². The average molecular weight is 294 g/mol. The molecule has 1 aliphatic rings. The van der Waals surface area contributed by atoms with Gasteiger partial charge in [-0.3, -0.25) is 4.79 Å². The fraction of sp³-hybridized carbons (Fsp3) is 0.800. The van der Waals surface area contributed by atoms with Crippen molar-refractivity contribution in [1.82, 2.24) is 9.62 Å². The lowest BCUT2D eigenvalue weighted by molar-refractivity contribution is -0.143. The number of ether oxygens (including phenoxy) is 1. The molecule has 19 heavy (non-hydrogen) atoms. The van der Waals surface area contributed by atoms with Crippen molar-refractivity contribution in [2.24, 2.45) is 0 Å². The summed E-state index contributed by atoms with van der Waals surface area (Å²) in [5.74, 6) is -1.52. The second-order valence-corrected chi connectivity index (χ2v) is 6.37. The number of aliphatic carboxylic acids is 1. The molecule has 1 amide bonds. The van der Waals surface area contributed by atoms with Gasteiger partial charge in [0.1, 0.15) is 13.2 Å². The molecule has 2 N–H and O–H groups in total. The van der Waals surface area contributed by atoms with Crippen LogP contribution in [0.15, 0.2) is 0 Å². The Labute approximate surface area is 111 Å². The molecule has 0 aromatic rings. The highest BCUT2D eigenvalue weighted by atomic mass is 32.2. The lowest BCUT2D eigenvalue weighted by atomic mass is 10.1. The van der Waals surface area contributed by atoms with Crippen molar-refractivity contribution in [2.45, 2.75) is 18.9 Å². The summed E-state index contributed by atoms with van der Waals surface area (Å²) in [7, 11) is -3.17. The van der Waals surface area contributed by atoms with Crippen molar-refractivity contribution < 1.29 is 27.9 Å². The summed E-state index contributed by atoms with van der Waals surface area (Å²) in [5.41, 5.74) is 0. The van der Waals surface area contributed by atoms with Gasteiger partial charge in [-0.05, 0) is 12.8 Å². The Hall–Kier alpha value is -1.19. The van der Waals surface area contributed by atoms with Gasteiger partial charge in [0.15, 0.2) is 0 Å². The topological polar surface area (TPSA) is 113 Å². The van der Waals surface area contributed by atoms with Crippen molar-refractivity contribution in [1.29, 1.82) is 0 Å². The maximum atomic E-state index is 11.4. The van der Waals surface area contributed by atoms with E-state index in [-0.39, 0.29) is 18.6 Å². The predicted molar refractivity (Wildman–Crippen MR) is 66.0 cm³/mol. The van der Waals surface area contributed by atoms with Crippen LogP contribution >= 0.6 is 0 Å². The van der Waals surface area contributed by atoms with E-state index in [0.29, 0.717) is 25.9 Å². The Kier molecular flexibility index (Phi) is 5.70. The molecular weight excluding hydrogens is 276 g/mol. The number of carboxylic acids is 1. The molecule has 1 aliphatic heterocycles. The Bertz CT molecular complexity index is 427. The summed E-state index contributed by atoms with van der Waals surface area (Å²) in [6, 6.07) is -0.0982. The number of amides is 1. The fourth-order valence-electron chi connectivity index (χ4n) is 1.83. The number of carbonyl (C=O) groups excluding carboxylic acids is 1. The number of rotatable bonds is 6. The van der Waals surface area contributed by atoms with Gasteiger partial charge in [0.25, 0.3) is 0 Å². The second kappa shape index (κ2) is 6.83. The molecule has 0 saturated carbocycles. The molecule has 0 radical (unpaired) electrons. The normalized spacial score (nSPS) is 18.2. The summed E-state index contributed by atoms with van der Waals surface area (Å²) < 4.78 is 28.6. The molecule has 1 rings (SSSR count). The molecule has 0 aliphatic carbocycles. The number of hydrogen-bond acceptors (Lipinski definition) is 5. The van der Waals surface area contributed by atoms with Gasteiger partial charge in [-0.25, -0.2) is 17.5 Å². The van der Waals surface area contributed by atoms with E-state index >= 15 is 0 Å². The van der Waals surface area contributed by atoms with E-state index in [2.05, 4.69) is 10.1 Å². The maximum Gasteiger partial charge on any atom is 0.329 e. The van der Waals surface area contributed by atoms with Crippen LogP contribution in [0.3, 0.4) is 0 Å². The molecule has 1 saturated heterocycles. The number of carbonyl (C=O) groups is 2. The van der Waals surface area contributed by atoms with Gasteiger partial charge in [-0.15, -0.1) is 0 Å². The Morgan fingerprint density at radius 2 is 1.89 bits per heavy atom. The summed E-state index contributed by atoms with van der Waals surface area (Å²) in [6.45, 7) is -0.0714. The zero-order chi connectivity index (χ0) is 14.5. The highest BCUT2D eigenvalue weighted by Crippen LogP contribution is 2.12. The standard InChI is InChI=1S/C10H18N2O6S/c1-19(16,17)12-4-2-8(3-5-12)11-9(13)6-18-7-10(14)15/h8H,2-7H2,1H3,(H,11,13)(H,14,15). The highest BCUT2D eigenvalue weighted by molar-refractivity contribution is 7.88. The molecule has 0 spiro atoms. The summed E-state index contributed by atoms with van der Waals surface area (Å²) in [6.07, 6.45) is 2.24. The first kappa shape index (κ1) is 15.9. The zero-order valence-electron chi connectivity index (χ0n) is 10.7.